The van der Waals surface area contributed by atoms with Crippen LogP contribution in [0.2, 0.25) is 0 Å². The number of piperidine rings is 1. The van der Waals surface area contributed by atoms with E-state index in [4.69, 9.17) is 4.98 Å². The fourth-order valence-electron chi connectivity index (χ4n) is 5.58. The first kappa shape index (κ1) is 24.0. The van der Waals surface area contributed by atoms with E-state index in [1.54, 1.807) is 0 Å². The lowest BCUT2D eigenvalue weighted by Gasteiger charge is -2.36. The SMILES string of the molecule is CCc1cn(CCN2CCCC2)c(C2CCN(c3ncnc4c3[C@H](C(F)(F)F)CC(=O)N4)CC2)n1. The number of nitrogens with zero attached hydrogens (tertiary/aromatic N) is 6. The molecule has 2 saturated heterocycles. The van der Waals surface area contributed by atoms with Gasteiger partial charge in [-0.15, -0.1) is 0 Å². The van der Waals surface area contributed by atoms with Crippen molar-refractivity contribution in [3.8, 4) is 0 Å². The standard InChI is InChI=1S/C24H32F3N7O/c1-2-17-14-34(12-11-32-7-3-4-8-32)22(30-17)16-5-9-33(10-6-16)23-20-18(24(25,26)27)13-19(35)31-21(20)28-15-29-23/h14-16,18H,2-13H2,1H3,(H,28,29,31,35)/t18-/m1/s1. The smallest absolute Gasteiger partial charge is 0.356 e. The zero-order valence-electron chi connectivity index (χ0n) is 20.0. The number of imidazole rings is 1. The number of carbonyl (C=O) groups excluding carboxylic acids is 1. The van der Waals surface area contributed by atoms with Gasteiger partial charge in [0.25, 0.3) is 0 Å². The Morgan fingerprint density at radius 3 is 2.51 bits per heavy atom. The van der Waals surface area contributed by atoms with Crippen molar-refractivity contribution in [1.82, 2.24) is 24.4 Å². The van der Waals surface area contributed by atoms with Crippen LogP contribution < -0.4 is 10.2 Å². The number of aromatic nitrogens is 4. The van der Waals surface area contributed by atoms with Gasteiger partial charge in [0, 0.05) is 44.7 Å². The molecule has 0 bridgehead atoms. The van der Waals surface area contributed by atoms with E-state index in [0.717, 1.165) is 57.0 Å². The summed E-state index contributed by atoms with van der Waals surface area (Å²) >= 11 is 0. The van der Waals surface area contributed by atoms with Gasteiger partial charge in [0.15, 0.2) is 0 Å². The number of hydrogen-bond acceptors (Lipinski definition) is 6. The first-order chi connectivity index (χ1) is 16.8. The number of nitrogens with one attached hydrogen (secondary N) is 1. The number of rotatable bonds is 6. The third-order valence-electron chi connectivity index (χ3n) is 7.49. The van der Waals surface area contributed by atoms with Crippen LogP contribution in [0.3, 0.4) is 0 Å². The Kier molecular flexibility index (Phi) is 6.69. The predicted molar refractivity (Wildman–Crippen MR) is 126 cm³/mol. The van der Waals surface area contributed by atoms with Crippen LogP contribution in [0, 0.1) is 0 Å². The van der Waals surface area contributed by atoms with Crippen LogP contribution >= 0.6 is 0 Å². The molecule has 0 aliphatic carbocycles. The van der Waals surface area contributed by atoms with Crippen LogP contribution in [0.25, 0.3) is 0 Å². The summed E-state index contributed by atoms with van der Waals surface area (Å²) in [6, 6.07) is 0. The zero-order chi connectivity index (χ0) is 24.6. The Balaban J connectivity index is 1.32. The molecule has 0 unspecified atom stereocenters. The van der Waals surface area contributed by atoms with Crippen LogP contribution in [0.5, 0.6) is 0 Å². The van der Waals surface area contributed by atoms with Crippen molar-refractivity contribution in [3.05, 3.63) is 29.6 Å². The molecule has 3 aliphatic heterocycles. The van der Waals surface area contributed by atoms with Gasteiger partial charge in [-0.3, -0.25) is 4.79 Å². The highest BCUT2D eigenvalue weighted by atomic mass is 19.4. The van der Waals surface area contributed by atoms with E-state index in [2.05, 4.69) is 37.9 Å². The number of halogens is 3. The number of alkyl halides is 3. The lowest BCUT2D eigenvalue weighted by molar-refractivity contribution is -0.156. The fourth-order valence-corrected chi connectivity index (χ4v) is 5.58. The molecule has 5 rings (SSSR count). The first-order valence-corrected chi connectivity index (χ1v) is 12.6. The van der Waals surface area contributed by atoms with Crippen molar-refractivity contribution in [2.75, 3.05) is 42.9 Å². The number of fused-ring (bicyclic) bond motifs is 1. The lowest BCUT2D eigenvalue weighted by Crippen LogP contribution is -2.38. The summed E-state index contributed by atoms with van der Waals surface area (Å²) in [5, 5.41) is 2.50. The van der Waals surface area contributed by atoms with Gasteiger partial charge in [0.2, 0.25) is 5.91 Å². The molecule has 1 atom stereocenters. The van der Waals surface area contributed by atoms with E-state index in [0.29, 0.717) is 13.1 Å². The minimum atomic E-state index is -4.54. The van der Waals surface area contributed by atoms with Crippen LogP contribution in [0.15, 0.2) is 12.5 Å². The fraction of sp³-hybridized carbons (Fsp3) is 0.667. The van der Waals surface area contributed by atoms with E-state index in [1.807, 2.05) is 4.90 Å². The predicted octanol–water partition coefficient (Wildman–Crippen LogP) is 3.70. The highest BCUT2D eigenvalue weighted by Crippen LogP contribution is 2.46. The Morgan fingerprint density at radius 1 is 1.09 bits per heavy atom. The molecule has 3 aliphatic rings. The Bertz CT molecular complexity index is 1060. The third kappa shape index (κ3) is 5.00. The first-order valence-electron chi connectivity index (χ1n) is 12.6. The topological polar surface area (TPSA) is 79.2 Å². The summed E-state index contributed by atoms with van der Waals surface area (Å²) in [7, 11) is 0. The maximum Gasteiger partial charge on any atom is 0.396 e. The van der Waals surface area contributed by atoms with E-state index in [-0.39, 0.29) is 23.1 Å². The molecule has 11 heteroatoms. The Labute approximate surface area is 202 Å². The molecule has 2 aromatic rings. The number of likely N-dealkylation sites (tertiary alicyclic amines) is 1. The molecular formula is C24H32F3N7O. The molecule has 190 valence electrons. The van der Waals surface area contributed by atoms with Gasteiger partial charge in [-0.05, 0) is 45.2 Å². The van der Waals surface area contributed by atoms with Crippen molar-refractivity contribution in [2.24, 2.45) is 0 Å². The second-order valence-corrected chi connectivity index (χ2v) is 9.75. The largest absolute Gasteiger partial charge is 0.396 e. The van der Waals surface area contributed by atoms with Crippen molar-refractivity contribution < 1.29 is 18.0 Å². The summed E-state index contributed by atoms with van der Waals surface area (Å²) in [6.07, 6.45) is 3.19. The third-order valence-corrected chi connectivity index (χ3v) is 7.49. The van der Waals surface area contributed by atoms with Crippen molar-refractivity contribution in [1.29, 1.82) is 0 Å². The number of anilines is 2. The molecule has 8 nitrogen and oxygen atoms in total. The van der Waals surface area contributed by atoms with E-state index in [9.17, 15) is 18.0 Å². The van der Waals surface area contributed by atoms with Gasteiger partial charge in [-0.2, -0.15) is 13.2 Å². The number of amides is 1. The maximum absolute atomic E-state index is 13.8. The van der Waals surface area contributed by atoms with Crippen molar-refractivity contribution in [3.63, 3.8) is 0 Å². The summed E-state index contributed by atoms with van der Waals surface area (Å²) in [5.41, 5.74) is 1.07. The average molecular weight is 492 g/mol. The monoisotopic (exact) mass is 491 g/mol. The number of carbonyl (C=O) groups is 1. The quantitative estimate of drug-likeness (QED) is 0.664. The van der Waals surface area contributed by atoms with Crippen LogP contribution in [0.4, 0.5) is 24.8 Å². The minimum Gasteiger partial charge on any atom is -0.356 e. The lowest BCUT2D eigenvalue weighted by atomic mass is 9.90. The molecule has 0 radical (unpaired) electrons. The molecule has 5 heterocycles. The van der Waals surface area contributed by atoms with Gasteiger partial charge in [0.1, 0.15) is 23.8 Å². The normalized spacial score (nSPS) is 21.9. The maximum atomic E-state index is 13.8. The van der Waals surface area contributed by atoms with Crippen molar-refractivity contribution >= 4 is 17.5 Å². The molecule has 0 spiro atoms. The van der Waals surface area contributed by atoms with Crippen LogP contribution in [-0.2, 0) is 17.8 Å². The molecule has 1 N–H and O–H groups in total. The molecule has 0 saturated carbocycles. The van der Waals surface area contributed by atoms with Crippen molar-refractivity contribution in [2.45, 2.75) is 70.0 Å². The Morgan fingerprint density at radius 2 is 1.83 bits per heavy atom. The minimum absolute atomic E-state index is 0.0153. The van der Waals surface area contributed by atoms with E-state index in [1.165, 1.54) is 19.2 Å². The summed E-state index contributed by atoms with van der Waals surface area (Å²) in [4.78, 5) is 29.4. The summed E-state index contributed by atoms with van der Waals surface area (Å²) in [5.74, 6) is -0.970. The van der Waals surface area contributed by atoms with E-state index < -0.39 is 24.4 Å². The van der Waals surface area contributed by atoms with Gasteiger partial charge in [-0.25, -0.2) is 15.0 Å². The summed E-state index contributed by atoms with van der Waals surface area (Å²) < 4.78 is 43.8. The van der Waals surface area contributed by atoms with Gasteiger partial charge >= 0.3 is 6.18 Å². The van der Waals surface area contributed by atoms with Crippen LogP contribution in [-0.4, -0.2) is 69.2 Å². The highest BCUT2D eigenvalue weighted by molar-refractivity contribution is 5.94. The Hall–Kier alpha value is -2.69. The molecule has 1 amide bonds. The zero-order valence-corrected chi connectivity index (χ0v) is 20.0. The number of hydrogen-bond donors (Lipinski definition) is 1. The van der Waals surface area contributed by atoms with Crippen LogP contribution in [0.1, 0.15) is 67.9 Å². The van der Waals surface area contributed by atoms with Gasteiger partial charge in [-0.1, -0.05) is 6.92 Å². The average Bonchev–Trinajstić information content (AvgIpc) is 3.51. The second kappa shape index (κ2) is 9.75. The highest BCUT2D eigenvalue weighted by Gasteiger charge is 2.48. The molecule has 0 aromatic carbocycles. The van der Waals surface area contributed by atoms with E-state index >= 15 is 0 Å². The van der Waals surface area contributed by atoms with Gasteiger partial charge in [0.05, 0.1) is 17.2 Å². The molecule has 35 heavy (non-hydrogen) atoms. The van der Waals surface area contributed by atoms with Gasteiger partial charge < -0.3 is 19.7 Å². The second-order valence-electron chi connectivity index (χ2n) is 9.75. The number of aryl methyl sites for hydroxylation is 1. The summed E-state index contributed by atoms with van der Waals surface area (Å²) in [6.45, 7) is 7.50. The molecule has 2 fully saturated rings. The molecule has 2 aromatic heterocycles. The molecular weight excluding hydrogens is 459 g/mol.